The monoisotopic (exact) mass is 731 g/mol. The van der Waals surface area contributed by atoms with E-state index < -0.39 is 16.1 Å². The summed E-state index contributed by atoms with van der Waals surface area (Å²) in [6.45, 7) is 11.6. The molecule has 0 N–H and O–H groups in total. The van der Waals surface area contributed by atoms with E-state index in [9.17, 15) is 0 Å². The Labute approximate surface area is 312 Å². The number of rotatable bonds is 42. The van der Waals surface area contributed by atoms with Crippen molar-refractivity contribution in [3.05, 3.63) is 0 Å². The van der Waals surface area contributed by atoms with Crippen LogP contribution in [0.5, 0.6) is 0 Å². The third-order valence-corrected chi connectivity index (χ3v) is 17.9. The summed E-state index contributed by atoms with van der Waals surface area (Å²) in [4.78, 5) is 0. The standard InChI is InChI=1S/C14H29O.2C14H29.C3H7O.O.Ti/c1-2-3-4-5-6-7-8-9-10-11-12-13-14-15;2*1-3-5-7-9-11-13-14-12-10-8-6-4-2;1-3(2)4;;/h2-14H2,1H3;2*1,3-14H2,2H3;3H,1-2H3;;/q-1;;;-1;;+2. The quantitative estimate of drug-likeness (QED) is 0.0463. The summed E-state index contributed by atoms with van der Waals surface area (Å²) in [5, 5.41) is 0. The first-order valence-corrected chi connectivity index (χ1v) is 27.2. The van der Waals surface area contributed by atoms with Crippen molar-refractivity contribution in [2.45, 2.75) is 281 Å². The fraction of sp³-hybridized carbons (Fsp3) is 1.00. The van der Waals surface area contributed by atoms with Crippen molar-refractivity contribution in [2.75, 3.05) is 6.61 Å². The summed E-state index contributed by atoms with van der Waals surface area (Å²) in [6.07, 6.45) is 47.7. The molecule has 0 aliphatic rings. The molecule has 3 nitrogen and oxygen atoms in total. The summed E-state index contributed by atoms with van der Waals surface area (Å²) in [7, 11) is 0. The SMILES string of the molecule is CCCCCCCCCCCCCC[O][Ti](=[O])([CH2]CCCCCCCCCCCCC)([CH2]CCCCCCCCCCCCC)[O]C(C)C. The average molecular weight is 731 g/mol. The van der Waals surface area contributed by atoms with Crippen LogP contribution in [0.3, 0.4) is 0 Å². The average Bonchev–Trinajstić information content (AvgIpc) is 3.07. The van der Waals surface area contributed by atoms with Gasteiger partial charge in [0.15, 0.2) is 0 Å². The zero-order chi connectivity index (χ0) is 36.0. The summed E-state index contributed by atoms with van der Waals surface area (Å²) in [6, 6.07) is 0. The normalized spacial score (nSPS) is 12.5. The van der Waals surface area contributed by atoms with Crippen molar-refractivity contribution in [3.63, 3.8) is 0 Å². The van der Waals surface area contributed by atoms with Crippen LogP contribution in [-0.2, 0) is 26.0 Å². The fourth-order valence-electron chi connectivity index (χ4n) is 7.80. The van der Waals surface area contributed by atoms with Crippen LogP contribution in [0.15, 0.2) is 0 Å². The van der Waals surface area contributed by atoms with E-state index in [1.807, 2.05) is 0 Å². The summed E-state index contributed by atoms with van der Waals surface area (Å²) < 4.78 is 29.6. The second-order valence-electron chi connectivity index (χ2n) is 16.5. The van der Waals surface area contributed by atoms with E-state index in [1.54, 1.807) is 0 Å². The summed E-state index contributed by atoms with van der Waals surface area (Å²) in [5.41, 5.74) is 0. The van der Waals surface area contributed by atoms with Crippen LogP contribution in [0.4, 0.5) is 0 Å². The van der Waals surface area contributed by atoms with Gasteiger partial charge >= 0.3 is 267 Å². The molecule has 0 fully saturated rings. The second kappa shape index (κ2) is 36.8. The maximum absolute atomic E-state index is 15.1. The molecule has 49 heavy (non-hydrogen) atoms. The van der Waals surface area contributed by atoms with Gasteiger partial charge in [0.1, 0.15) is 0 Å². The molecule has 0 heterocycles. The molecule has 0 aromatic carbocycles. The predicted molar refractivity (Wildman–Crippen MR) is 216 cm³/mol. The van der Waals surface area contributed by atoms with Crippen LogP contribution in [0.2, 0.25) is 9.45 Å². The molecule has 0 spiro atoms. The van der Waals surface area contributed by atoms with Crippen molar-refractivity contribution >= 4 is 0 Å². The van der Waals surface area contributed by atoms with E-state index in [1.165, 1.54) is 212 Å². The van der Waals surface area contributed by atoms with Crippen LogP contribution >= 0.6 is 0 Å². The Bertz CT molecular complexity index is 673. The van der Waals surface area contributed by atoms with Gasteiger partial charge in [-0.15, -0.1) is 0 Å². The number of hydrogen-bond donors (Lipinski definition) is 0. The predicted octanol–water partition coefficient (Wildman–Crippen LogP) is 17.2. The van der Waals surface area contributed by atoms with Crippen molar-refractivity contribution in [3.8, 4) is 0 Å². The zero-order valence-corrected chi connectivity index (χ0v) is 36.4. The first kappa shape index (κ1) is 49.4. The molecule has 0 aliphatic heterocycles. The molecular formula is C45H94O3Ti. The van der Waals surface area contributed by atoms with Crippen LogP contribution < -0.4 is 0 Å². The molecule has 0 radical (unpaired) electrons. The molecule has 0 saturated carbocycles. The molecule has 0 aromatic heterocycles. The third kappa shape index (κ3) is 34.0. The molecular weight excluding hydrogens is 636 g/mol. The third-order valence-electron chi connectivity index (χ3n) is 10.9. The fourth-order valence-corrected chi connectivity index (χ4v) is 14.6. The minimum absolute atomic E-state index is 0.0360. The van der Waals surface area contributed by atoms with Crippen molar-refractivity contribution in [1.29, 1.82) is 0 Å². The van der Waals surface area contributed by atoms with Gasteiger partial charge < -0.3 is 0 Å². The molecule has 0 unspecified atom stereocenters. The molecule has 296 valence electrons. The first-order chi connectivity index (χ1) is 23.9. The van der Waals surface area contributed by atoms with Gasteiger partial charge in [0.2, 0.25) is 0 Å². The molecule has 4 heteroatoms. The van der Waals surface area contributed by atoms with Crippen LogP contribution in [0.25, 0.3) is 0 Å². The van der Waals surface area contributed by atoms with Gasteiger partial charge in [0.25, 0.3) is 0 Å². The Kier molecular flexibility index (Phi) is 37.1. The molecule has 0 aromatic rings. The molecule has 0 amide bonds. The molecule has 0 saturated heterocycles. The Morgan fingerprint density at radius 2 is 0.571 bits per heavy atom. The van der Waals surface area contributed by atoms with Crippen molar-refractivity contribution in [1.82, 2.24) is 0 Å². The van der Waals surface area contributed by atoms with E-state index in [4.69, 9.17) is 6.64 Å². The summed E-state index contributed by atoms with van der Waals surface area (Å²) >= 11 is -4.75. The van der Waals surface area contributed by atoms with Crippen LogP contribution in [-0.4, -0.2) is 12.7 Å². The molecule has 0 aliphatic carbocycles. The Hall–Kier alpha value is 0.434. The van der Waals surface area contributed by atoms with Gasteiger partial charge in [0, 0.05) is 0 Å². The second-order valence-corrected chi connectivity index (χ2v) is 23.2. The van der Waals surface area contributed by atoms with Crippen LogP contribution in [0.1, 0.15) is 266 Å². The van der Waals surface area contributed by atoms with Crippen molar-refractivity contribution in [2.24, 2.45) is 0 Å². The first-order valence-electron chi connectivity index (χ1n) is 23.1. The Morgan fingerprint density at radius 3 is 0.816 bits per heavy atom. The topological polar surface area (TPSA) is 35.5 Å². The van der Waals surface area contributed by atoms with E-state index in [0.29, 0.717) is 16.1 Å². The van der Waals surface area contributed by atoms with Gasteiger partial charge in [-0.25, -0.2) is 0 Å². The number of unbranched alkanes of at least 4 members (excludes halogenated alkanes) is 33. The van der Waals surface area contributed by atoms with Crippen molar-refractivity contribution < 1.29 is 26.0 Å². The van der Waals surface area contributed by atoms with Gasteiger partial charge in [-0.3, -0.25) is 0 Å². The van der Waals surface area contributed by atoms with Gasteiger partial charge in [-0.05, 0) is 0 Å². The molecule has 0 rings (SSSR count). The summed E-state index contributed by atoms with van der Waals surface area (Å²) in [5.74, 6) is 0. The Morgan fingerprint density at radius 1 is 0.347 bits per heavy atom. The number of hydrogen-bond acceptors (Lipinski definition) is 3. The van der Waals surface area contributed by atoms with Gasteiger partial charge in [-0.1, -0.05) is 46.5 Å². The van der Waals surface area contributed by atoms with Gasteiger partial charge in [0.05, 0.1) is 0 Å². The minimum atomic E-state index is -4.75. The Balaban J connectivity index is 4.64. The molecule has 0 atom stereocenters. The molecule has 0 bridgehead atoms. The van der Waals surface area contributed by atoms with Gasteiger partial charge in [-0.2, -0.15) is 0 Å². The van der Waals surface area contributed by atoms with Crippen LogP contribution in [0, 0.1) is 0 Å². The van der Waals surface area contributed by atoms with E-state index >= 15 is 3.32 Å². The van der Waals surface area contributed by atoms with E-state index in [0.717, 1.165) is 19.3 Å². The zero-order valence-electron chi connectivity index (χ0n) is 34.9. The van der Waals surface area contributed by atoms with E-state index in [-0.39, 0.29) is 6.10 Å². The maximum atomic E-state index is 15.1. The van der Waals surface area contributed by atoms with E-state index in [2.05, 4.69) is 34.6 Å².